The zero-order valence-electron chi connectivity index (χ0n) is 16.3. The lowest BCUT2D eigenvalue weighted by atomic mass is 9.95. The Bertz CT molecular complexity index is 1050. The van der Waals surface area contributed by atoms with E-state index in [4.69, 9.17) is 4.74 Å². The van der Waals surface area contributed by atoms with E-state index in [2.05, 4.69) is 32.1 Å². The number of benzene rings is 2. The zero-order chi connectivity index (χ0) is 19.7. The molecule has 3 aromatic rings. The van der Waals surface area contributed by atoms with Gasteiger partial charge in [-0.25, -0.2) is 0 Å². The van der Waals surface area contributed by atoms with Gasteiger partial charge in [0.05, 0.1) is 12.8 Å². The van der Waals surface area contributed by atoms with Crippen LogP contribution in [0.5, 0.6) is 5.75 Å². The molecule has 0 bridgehead atoms. The van der Waals surface area contributed by atoms with Crippen molar-refractivity contribution in [3.63, 3.8) is 0 Å². The monoisotopic (exact) mass is 389 g/mol. The molecule has 0 unspecified atom stereocenters. The van der Waals surface area contributed by atoms with E-state index in [1.165, 1.54) is 5.56 Å². The molecular weight excluding hydrogens is 366 g/mol. The van der Waals surface area contributed by atoms with Crippen molar-refractivity contribution in [2.24, 2.45) is 0 Å². The van der Waals surface area contributed by atoms with Crippen LogP contribution in [-0.2, 0) is 6.54 Å². The average Bonchev–Trinajstić information content (AvgIpc) is 3.14. The lowest BCUT2D eigenvalue weighted by Crippen LogP contribution is -2.20. The largest absolute Gasteiger partial charge is 0.497 e. The zero-order valence-corrected chi connectivity index (χ0v) is 17.1. The summed E-state index contributed by atoms with van der Waals surface area (Å²) in [6, 6.07) is 20.0. The number of allylic oxidation sites excluding steroid dienone is 1. The molecule has 0 spiro atoms. The Morgan fingerprint density at radius 3 is 2.61 bits per heavy atom. The van der Waals surface area contributed by atoms with Crippen LogP contribution in [0.1, 0.15) is 35.5 Å². The molecule has 1 aliphatic heterocycles. The molecule has 142 valence electrons. The summed E-state index contributed by atoms with van der Waals surface area (Å²) in [5.41, 5.74) is 3.61. The number of carbonyl (C=O) groups excluding carboxylic acids is 1. The first kappa shape index (κ1) is 18.6. The van der Waals surface area contributed by atoms with Crippen molar-refractivity contribution in [2.45, 2.75) is 30.0 Å². The first-order chi connectivity index (χ1) is 13.5. The number of ether oxygens (including phenoxy) is 1. The molecule has 4 heteroatoms. The molecule has 0 aliphatic carbocycles. The molecule has 0 atom stereocenters. The van der Waals surface area contributed by atoms with Crippen LogP contribution in [0.3, 0.4) is 0 Å². The van der Waals surface area contributed by atoms with Crippen LogP contribution in [-0.4, -0.2) is 22.2 Å². The third kappa shape index (κ3) is 3.65. The van der Waals surface area contributed by atoms with Crippen molar-refractivity contribution in [3.8, 4) is 5.75 Å². The summed E-state index contributed by atoms with van der Waals surface area (Å²) in [7, 11) is 1.67. The van der Waals surface area contributed by atoms with E-state index in [0.29, 0.717) is 12.2 Å². The highest BCUT2D eigenvalue weighted by Crippen LogP contribution is 2.46. The number of hydrogen-bond donors (Lipinski definition) is 0. The summed E-state index contributed by atoms with van der Waals surface area (Å²) >= 11 is 1.75. The first-order valence-corrected chi connectivity index (χ1v) is 10.1. The highest BCUT2D eigenvalue weighted by Gasteiger charge is 2.30. The van der Waals surface area contributed by atoms with Gasteiger partial charge in [-0.1, -0.05) is 36.4 Å². The van der Waals surface area contributed by atoms with E-state index in [1.807, 2.05) is 59.3 Å². The van der Waals surface area contributed by atoms with Gasteiger partial charge in [0.15, 0.2) is 0 Å². The quantitative estimate of drug-likeness (QED) is 0.525. The molecule has 4 rings (SSSR count). The lowest BCUT2D eigenvalue weighted by Gasteiger charge is -2.29. The summed E-state index contributed by atoms with van der Waals surface area (Å²) in [6.45, 7) is 4.95. The van der Waals surface area contributed by atoms with Gasteiger partial charge in [0.1, 0.15) is 5.75 Å². The third-order valence-corrected chi connectivity index (χ3v) is 6.05. The molecule has 0 saturated carbocycles. The minimum absolute atomic E-state index is 0.0562. The Balaban J connectivity index is 1.73. The Kier molecular flexibility index (Phi) is 4.90. The highest BCUT2D eigenvalue weighted by molar-refractivity contribution is 8.01. The molecule has 2 aromatic carbocycles. The molecule has 1 aromatic heterocycles. The minimum atomic E-state index is -0.165. The minimum Gasteiger partial charge on any atom is -0.497 e. The molecule has 3 nitrogen and oxygen atoms in total. The van der Waals surface area contributed by atoms with E-state index in [-0.39, 0.29) is 10.5 Å². The fourth-order valence-electron chi connectivity index (χ4n) is 3.54. The van der Waals surface area contributed by atoms with Gasteiger partial charge >= 0.3 is 0 Å². The summed E-state index contributed by atoms with van der Waals surface area (Å²) in [5, 5.41) is 0. The van der Waals surface area contributed by atoms with E-state index >= 15 is 0 Å². The second-order valence-corrected chi connectivity index (χ2v) is 9.16. The summed E-state index contributed by atoms with van der Waals surface area (Å²) in [6.07, 6.45) is 4.06. The maximum Gasteiger partial charge on any atom is 0.209 e. The van der Waals surface area contributed by atoms with E-state index in [1.54, 1.807) is 18.9 Å². The maximum absolute atomic E-state index is 13.5. The predicted octanol–water partition coefficient (Wildman–Crippen LogP) is 5.70. The molecule has 0 radical (unpaired) electrons. The number of hydrogen-bond acceptors (Lipinski definition) is 3. The van der Waals surface area contributed by atoms with Crippen molar-refractivity contribution < 1.29 is 9.53 Å². The van der Waals surface area contributed by atoms with Crippen LogP contribution in [0.2, 0.25) is 0 Å². The van der Waals surface area contributed by atoms with Crippen molar-refractivity contribution in [2.75, 3.05) is 7.11 Å². The predicted molar refractivity (Wildman–Crippen MR) is 115 cm³/mol. The number of aromatic nitrogens is 1. The number of carbonyl (C=O) groups is 1. The van der Waals surface area contributed by atoms with Gasteiger partial charge in [0.25, 0.3) is 0 Å². The van der Waals surface area contributed by atoms with Gasteiger partial charge in [0.2, 0.25) is 5.78 Å². The standard InChI is InChI=1S/C24H23NO2S/c1-24(2)15-20(19-12-11-18(27-3)14-22(19)28-24)23(26)21-10-7-13-25(21)16-17-8-5-4-6-9-17/h4-15H,16H2,1-3H3. The number of nitrogens with zero attached hydrogens (tertiary/aromatic N) is 1. The first-order valence-electron chi connectivity index (χ1n) is 9.31. The molecule has 0 N–H and O–H groups in total. The number of methoxy groups -OCH3 is 1. The normalized spacial score (nSPS) is 14.9. The molecule has 2 heterocycles. The second kappa shape index (κ2) is 7.36. The number of thioether (sulfide) groups is 1. The van der Waals surface area contributed by atoms with Crippen molar-refractivity contribution in [1.82, 2.24) is 4.57 Å². The summed E-state index contributed by atoms with van der Waals surface area (Å²) in [4.78, 5) is 14.6. The summed E-state index contributed by atoms with van der Waals surface area (Å²) in [5.74, 6) is 0.865. The van der Waals surface area contributed by atoms with Gasteiger partial charge in [-0.3, -0.25) is 4.79 Å². The van der Waals surface area contributed by atoms with Gasteiger partial charge in [0, 0.05) is 28.0 Å². The molecule has 1 aliphatic rings. The van der Waals surface area contributed by atoms with Crippen LogP contribution in [0.25, 0.3) is 5.57 Å². The fraction of sp³-hybridized carbons (Fsp3) is 0.208. The van der Waals surface area contributed by atoms with Gasteiger partial charge < -0.3 is 9.30 Å². The lowest BCUT2D eigenvalue weighted by molar-refractivity contribution is 0.104. The number of ketones is 1. The van der Waals surface area contributed by atoms with Crippen molar-refractivity contribution >= 4 is 23.1 Å². The van der Waals surface area contributed by atoms with Gasteiger partial charge in [-0.2, -0.15) is 0 Å². The topological polar surface area (TPSA) is 31.2 Å². The second-order valence-electron chi connectivity index (χ2n) is 7.46. The molecule has 0 fully saturated rings. The maximum atomic E-state index is 13.5. The Hall–Kier alpha value is -2.72. The molecule has 28 heavy (non-hydrogen) atoms. The Morgan fingerprint density at radius 1 is 1.07 bits per heavy atom. The number of rotatable bonds is 5. The molecule has 0 saturated heterocycles. The average molecular weight is 390 g/mol. The van der Waals surface area contributed by atoms with Crippen LogP contribution in [0, 0.1) is 0 Å². The van der Waals surface area contributed by atoms with Crippen LogP contribution in [0.4, 0.5) is 0 Å². The Morgan fingerprint density at radius 2 is 1.86 bits per heavy atom. The van der Waals surface area contributed by atoms with Crippen LogP contribution >= 0.6 is 11.8 Å². The van der Waals surface area contributed by atoms with E-state index in [9.17, 15) is 4.79 Å². The summed E-state index contributed by atoms with van der Waals surface area (Å²) < 4.78 is 7.24. The SMILES string of the molecule is COc1ccc2c(c1)SC(C)(C)C=C2C(=O)c1cccn1Cc1ccccc1. The Labute approximate surface area is 170 Å². The number of fused-ring (bicyclic) bond motifs is 1. The van der Waals surface area contributed by atoms with Crippen molar-refractivity contribution in [1.29, 1.82) is 0 Å². The molecular formula is C24H23NO2S. The smallest absolute Gasteiger partial charge is 0.209 e. The van der Waals surface area contributed by atoms with E-state index in [0.717, 1.165) is 21.8 Å². The van der Waals surface area contributed by atoms with Crippen LogP contribution < -0.4 is 4.74 Å². The molecule has 0 amide bonds. The van der Waals surface area contributed by atoms with Crippen molar-refractivity contribution in [3.05, 3.63) is 89.8 Å². The van der Waals surface area contributed by atoms with Gasteiger partial charge in [-0.15, -0.1) is 11.8 Å². The van der Waals surface area contributed by atoms with Crippen LogP contribution in [0.15, 0.2) is 77.8 Å². The number of Topliss-reactive ketones (excluding diaryl/α,β-unsaturated/α-hetero) is 1. The highest BCUT2D eigenvalue weighted by atomic mass is 32.2. The third-order valence-electron chi connectivity index (χ3n) is 4.85. The fourth-order valence-corrected chi connectivity index (χ4v) is 4.75. The van der Waals surface area contributed by atoms with Gasteiger partial charge in [-0.05, 0) is 55.3 Å². The van der Waals surface area contributed by atoms with E-state index < -0.39 is 0 Å².